The highest BCUT2D eigenvalue weighted by atomic mass is 16.2. The van der Waals surface area contributed by atoms with Gasteiger partial charge in [-0.05, 0) is 51.0 Å². The summed E-state index contributed by atoms with van der Waals surface area (Å²) >= 11 is 0. The molecule has 0 saturated heterocycles. The predicted octanol–water partition coefficient (Wildman–Crippen LogP) is 3.63. The van der Waals surface area contributed by atoms with Gasteiger partial charge in [0.2, 0.25) is 0 Å². The molecule has 24 heavy (non-hydrogen) atoms. The summed E-state index contributed by atoms with van der Waals surface area (Å²) < 4.78 is 0. The summed E-state index contributed by atoms with van der Waals surface area (Å²) in [5, 5.41) is 5.82. The van der Waals surface area contributed by atoms with Crippen molar-refractivity contribution in [2.24, 2.45) is 0 Å². The van der Waals surface area contributed by atoms with Crippen molar-refractivity contribution < 1.29 is 9.59 Å². The van der Waals surface area contributed by atoms with Crippen LogP contribution in [0.1, 0.15) is 48.4 Å². The molecule has 0 atom stereocenters. The highest BCUT2D eigenvalue weighted by Crippen LogP contribution is 2.27. The number of carbonyl (C=O) groups excluding carboxylic acids is 2. The summed E-state index contributed by atoms with van der Waals surface area (Å²) in [6.45, 7) is 7.68. The van der Waals surface area contributed by atoms with Gasteiger partial charge in [-0.1, -0.05) is 36.4 Å². The normalized spacial score (nSPS) is 10.8. The molecule has 4 nitrogen and oxygen atoms in total. The highest BCUT2D eigenvalue weighted by molar-refractivity contribution is 6.06. The number of carbonyl (C=O) groups is 2. The van der Waals surface area contributed by atoms with Crippen molar-refractivity contribution in [2.75, 3.05) is 0 Å². The number of hydrogen-bond acceptors (Lipinski definition) is 2. The van der Waals surface area contributed by atoms with Crippen LogP contribution in [0.15, 0.2) is 48.5 Å². The van der Waals surface area contributed by atoms with Crippen molar-refractivity contribution in [3.8, 4) is 11.1 Å². The van der Waals surface area contributed by atoms with Crippen molar-refractivity contribution in [2.45, 2.75) is 39.8 Å². The van der Waals surface area contributed by atoms with Gasteiger partial charge in [-0.2, -0.15) is 0 Å². The molecule has 0 saturated carbocycles. The molecule has 0 unspecified atom stereocenters. The van der Waals surface area contributed by atoms with Crippen LogP contribution >= 0.6 is 0 Å². The van der Waals surface area contributed by atoms with Gasteiger partial charge in [0, 0.05) is 23.2 Å². The van der Waals surface area contributed by atoms with E-state index in [1.165, 1.54) is 0 Å². The molecule has 2 amide bonds. The van der Waals surface area contributed by atoms with E-state index in [1.54, 1.807) is 12.1 Å². The molecule has 4 heteroatoms. The third-order valence-electron chi connectivity index (χ3n) is 3.47. The van der Waals surface area contributed by atoms with E-state index in [9.17, 15) is 9.59 Å². The van der Waals surface area contributed by atoms with Gasteiger partial charge < -0.3 is 10.6 Å². The summed E-state index contributed by atoms with van der Waals surface area (Å²) in [5.74, 6) is -0.278. The fourth-order valence-electron chi connectivity index (χ4n) is 2.51. The van der Waals surface area contributed by atoms with Gasteiger partial charge in [0.1, 0.15) is 0 Å². The lowest BCUT2D eigenvalue weighted by atomic mass is 9.94. The van der Waals surface area contributed by atoms with Crippen LogP contribution in [-0.2, 0) is 0 Å². The van der Waals surface area contributed by atoms with Crippen LogP contribution in [0, 0.1) is 0 Å². The molecule has 2 aromatic rings. The van der Waals surface area contributed by atoms with Crippen molar-refractivity contribution in [1.82, 2.24) is 10.6 Å². The second kappa shape index (κ2) is 7.77. The molecule has 0 aliphatic rings. The minimum atomic E-state index is -0.139. The van der Waals surface area contributed by atoms with Crippen molar-refractivity contribution in [1.29, 1.82) is 0 Å². The first-order valence-electron chi connectivity index (χ1n) is 8.20. The molecule has 2 N–H and O–H groups in total. The van der Waals surface area contributed by atoms with Crippen LogP contribution in [-0.4, -0.2) is 23.9 Å². The topological polar surface area (TPSA) is 58.2 Å². The summed E-state index contributed by atoms with van der Waals surface area (Å²) in [6.07, 6.45) is 0. The largest absolute Gasteiger partial charge is 0.350 e. The van der Waals surface area contributed by atoms with Crippen LogP contribution in [0.2, 0.25) is 0 Å². The fraction of sp³-hybridized carbons (Fsp3) is 0.300. The zero-order valence-electron chi connectivity index (χ0n) is 14.6. The standard InChI is InChI=1S/C20H24N2O2/c1-13(2)21-19(23)17-11-7-5-9-15(17)16-10-6-8-12-18(16)20(24)22-14(3)4/h5-14H,1-4H3,(H,21,23)(H,22,24). The Kier molecular flexibility index (Phi) is 5.74. The minimum Gasteiger partial charge on any atom is -0.350 e. The maximum atomic E-state index is 12.5. The van der Waals surface area contributed by atoms with Gasteiger partial charge in [-0.25, -0.2) is 0 Å². The van der Waals surface area contributed by atoms with Crippen LogP contribution < -0.4 is 10.6 Å². The number of amides is 2. The first-order chi connectivity index (χ1) is 11.4. The fourth-order valence-corrected chi connectivity index (χ4v) is 2.51. The molecule has 0 spiro atoms. The van der Waals surface area contributed by atoms with E-state index in [1.807, 2.05) is 64.1 Å². The molecule has 0 fully saturated rings. The zero-order valence-corrected chi connectivity index (χ0v) is 14.6. The van der Waals surface area contributed by atoms with Gasteiger partial charge in [0.25, 0.3) is 11.8 Å². The van der Waals surface area contributed by atoms with E-state index in [0.29, 0.717) is 11.1 Å². The molecule has 2 rings (SSSR count). The van der Waals surface area contributed by atoms with E-state index < -0.39 is 0 Å². The smallest absolute Gasteiger partial charge is 0.252 e. The van der Waals surface area contributed by atoms with E-state index in [0.717, 1.165) is 11.1 Å². The molecular formula is C20H24N2O2. The van der Waals surface area contributed by atoms with Gasteiger partial charge in [0.05, 0.1) is 0 Å². The number of benzene rings is 2. The molecule has 0 bridgehead atoms. The zero-order chi connectivity index (χ0) is 17.7. The van der Waals surface area contributed by atoms with Crippen molar-refractivity contribution in [3.05, 3.63) is 59.7 Å². The summed E-state index contributed by atoms with van der Waals surface area (Å²) in [5.41, 5.74) is 2.64. The van der Waals surface area contributed by atoms with Crippen molar-refractivity contribution >= 4 is 11.8 Å². The Balaban J connectivity index is 2.50. The van der Waals surface area contributed by atoms with Crippen LogP contribution in [0.4, 0.5) is 0 Å². The third-order valence-corrected chi connectivity index (χ3v) is 3.47. The first-order valence-corrected chi connectivity index (χ1v) is 8.20. The molecule has 0 aliphatic carbocycles. The quantitative estimate of drug-likeness (QED) is 0.882. The van der Waals surface area contributed by atoms with E-state index in [4.69, 9.17) is 0 Å². The summed E-state index contributed by atoms with van der Waals surface area (Å²) in [4.78, 5) is 25.0. The Labute approximate surface area is 143 Å². The lowest BCUT2D eigenvalue weighted by Crippen LogP contribution is -2.31. The SMILES string of the molecule is CC(C)NC(=O)c1ccccc1-c1ccccc1C(=O)NC(C)C. The van der Waals surface area contributed by atoms with Crippen molar-refractivity contribution in [3.63, 3.8) is 0 Å². The summed E-state index contributed by atoms with van der Waals surface area (Å²) in [6, 6.07) is 14.8. The molecule has 0 aromatic heterocycles. The Morgan fingerprint density at radius 1 is 0.667 bits per heavy atom. The number of rotatable bonds is 5. The molecular weight excluding hydrogens is 300 g/mol. The van der Waals surface area contributed by atoms with Gasteiger partial charge in [-0.15, -0.1) is 0 Å². The van der Waals surface area contributed by atoms with E-state index in [-0.39, 0.29) is 23.9 Å². The average Bonchev–Trinajstić information content (AvgIpc) is 2.53. The Morgan fingerprint density at radius 2 is 1.00 bits per heavy atom. The Morgan fingerprint density at radius 3 is 1.33 bits per heavy atom. The second-order valence-corrected chi connectivity index (χ2v) is 6.35. The molecule has 0 radical (unpaired) electrons. The lowest BCUT2D eigenvalue weighted by Gasteiger charge is -2.16. The van der Waals surface area contributed by atoms with Crippen LogP contribution in [0.3, 0.4) is 0 Å². The molecule has 0 aliphatic heterocycles. The van der Waals surface area contributed by atoms with Crippen LogP contribution in [0.5, 0.6) is 0 Å². The number of nitrogens with one attached hydrogen (secondary N) is 2. The Bertz CT molecular complexity index is 672. The maximum absolute atomic E-state index is 12.5. The molecule has 0 heterocycles. The first kappa shape index (κ1) is 17.7. The molecule has 2 aromatic carbocycles. The third kappa shape index (κ3) is 4.22. The Hall–Kier alpha value is -2.62. The van der Waals surface area contributed by atoms with Gasteiger partial charge >= 0.3 is 0 Å². The second-order valence-electron chi connectivity index (χ2n) is 6.35. The van der Waals surface area contributed by atoms with E-state index >= 15 is 0 Å². The van der Waals surface area contributed by atoms with Gasteiger partial charge in [0.15, 0.2) is 0 Å². The average molecular weight is 324 g/mol. The summed E-state index contributed by atoms with van der Waals surface area (Å²) in [7, 11) is 0. The number of hydrogen-bond donors (Lipinski definition) is 2. The van der Waals surface area contributed by atoms with Crippen LogP contribution in [0.25, 0.3) is 11.1 Å². The highest BCUT2D eigenvalue weighted by Gasteiger charge is 2.18. The lowest BCUT2D eigenvalue weighted by molar-refractivity contribution is 0.0933. The maximum Gasteiger partial charge on any atom is 0.252 e. The monoisotopic (exact) mass is 324 g/mol. The van der Waals surface area contributed by atoms with E-state index in [2.05, 4.69) is 10.6 Å². The minimum absolute atomic E-state index is 0.0463. The predicted molar refractivity (Wildman–Crippen MR) is 97.1 cm³/mol. The van der Waals surface area contributed by atoms with Gasteiger partial charge in [-0.3, -0.25) is 9.59 Å². The molecule has 126 valence electrons.